The summed E-state index contributed by atoms with van der Waals surface area (Å²) in [6.45, 7) is 4.75. The highest BCUT2D eigenvalue weighted by molar-refractivity contribution is 6.01. The van der Waals surface area contributed by atoms with Crippen LogP contribution in [0.2, 0.25) is 0 Å². The Labute approximate surface area is 163 Å². The smallest absolute Gasteiger partial charge is 0.435 e. The highest BCUT2D eigenvalue weighted by Gasteiger charge is 2.62. The molecule has 2 fully saturated rings. The fourth-order valence-corrected chi connectivity index (χ4v) is 4.59. The molecule has 1 N–H and O–H groups in total. The van der Waals surface area contributed by atoms with Crippen LogP contribution in [0.3, 0.4) is 0 Å². The van der Waals surface area contributed by atoms with Gasteiger partial charge in [-0.2, -0.15) is 0 Å². The molecule has 6 atom stereocenters. The molecule has 9 nitrogen and oxygen atoms in total. The van der Waals surface area contributed by atoms with Crippen molar-refractivity contribution in [1.29, 1.82) is 0 Å². The lowest BCUT2D eigenvalue weighted by atomic mass is 9.72. The quantitative estimate of drug-likeness (QED) is 0.406. The van der Waals surface area contributed by atoms with Crippen LogP contribution >= 0.6 is 0 Å². The largest absolute Gasteiger partial charge is 0.511 e. The predicted octanol–water partition coefficient (Wildman–Crippen LogP) is 1.34. The van der Waals surface area contributed by atoms with Crippen molar-refractivity contribution in [2.24, 2.45) is 11.8 Å². The zero-order valence-electron chi connectivity index (χ0n) is 16.5. The Balaban J connectivity index is 1.85. The second-order valence-corrected chi connectivity index (χ2v) is 7.30. The van der Waals surface area contributed by atoms with Crippen LogP contribution in [0.15, 0.2) is 11.3 Å². The van der Waals surface area contributed by atoms with E-state index < -0.39 is 30.4 Å². The SMILES string of the molecule is CCOC(=O)O[C@@H](C)OC(=O)C1=C2C(OC)CCCC2C2C([C@@H](C)O)C(=O)N12. The van der Waals surface area contributed by atoms with Crippen molar-refractivity contribution in [3.63, 3.8) is 0 Å². The van der Waals surface area contributed by atoms with Crippen LogP contribution < -0.4 is 0 Å². The van der Waals surface area contributed by atoms with E-state index in [9.17, 15) is 19.5 Å². The Morgan fingerprint density at radius 3 is 2.57 bits per heavy atom. The monoisotopic (exact) mass is 397 g/mol. The molecule has 9 heteroatoms. The molecule has 156 valence electrons. The maximum atomic E-state index is 12.9. The summed E-state index contributed by atoms with van der Waals surface area (Å²) in [7, 11) is 1.57. The number of aliphatic hydroxyl groups excluding tert-OH is 1. The molecule has 0 spiro atoms. The third-order valence-corrected chi connectivity index (χ3v) is 5.64. The minimum atomic E-state index is -1.18. The molecular weight excluding hydrogens is 370 g/mol. The van der Waals surface area contributed by atoms with Gasteiger partial charge in [0.05, 0.1) is 30.8 Å². The van der Waals surface area contributed by atoms with Crippen LogP contribution in [0.1, 0.15) is 40.0 Å². The van der Waals surface area contributed by atoms with Gasteiger partial charge in [0, 0.05) is 20.0 Å². The average molecular weight is 397 g/mol. The summed E-state index contributed by atoms with van der Waals surface area (Å²) >= 11 is 0. The minimum absolute atomic E-state index is 0.0557. The van der Waals surface area contributed by atoms with Crippen molar-refractivity contribution in [2.45, 2.75) is 64.6 Å². The number of nitrogens with zero attached hydrogens (tertiary/aromatic N) is 1. The summed E-state index contributed by atoms with van der Waals surface area (Å²) < 4.78 is 20.4. The van der Waals surface area contributed by atoms with Crippen LogP contribution in [0.5, 0.6) is 0 Å². The second-order valence-electron chi connectivity index (χ2n) is 7.30. The number of methoxy groups -OCH3 is 1. The first-order chi connectivity index (χ1) is 13.3. The lowest BCUT2D eigenvalue weighted by Gasteiger charge is -2.47. The first-order valence-electron chi connectivity index (χ1n) is 9.64. The molecule has 0 bridgehead atoms. The third kappa shape index (κ3) is 3.37. The third-order valence-electron chi connectivity index (χ3n) is 5.64. The molecule has 28 heavy (non-hydrogen) atoms. The van der Waals surface area contributed by atoms with Crippen LogP contribution in [-0.2, 0) is 28.5 Å². The molecule has 0 aromatic carbocycles. The van der Waals surface area contributed by atoms with Gasteiger partial charge in [0.1, 0.15) is 5.70 Å². The molecule has 0 aromatic heterocycles. The van der Waals surface area contributed by atoms with Crippen molar-refractivity contribution in [3.05, 3.63) is 11.3 Å². The van der Waals surface area contributed by atoms with Gasteiger partial charge in [-0.1, -0.05) is 0 Å². The molecule has 0 aromatic rings. The van der Waals surface area contributed by atoms with E-state index in [4.69, 9.17) is 14.2 Å². The fraction of sp³-hybridized carbons (Fsp3) is 0.737. The highest BCUT2D eigenvalue weighted by atomic mass is 16.8. The lowest BCUT2D eigenvalue weighted by Crippen LogP contribution is -2.64. The molecule has 2 heterocycles. The van der Waals surface area contributed by atoms with Gasteiger partial charge in [-0.05, 0) is 38.7 Å². The molecule has 3 rings (SSSR count). The highest BCUT2D eigenvalue weighted by Crippen LogP contribution is 2.52. The van der Waals surface area contributed by atoms with Crippen molar-refractivity contribution in [3.8, 4) is 0 Å². The molecule has 0 radical (unpaired) electrons. The maximum Gasteiger partial charge on any atom is 0.511 e. The number of ether oxygens (including phenoxy) is 4. The number of esters is 1. The van der Waals surface area contributed by atoms with E-state index >= 15 is 0 Å². The Kier molecular flexibility index (Phi) is 5.95. The van der Waals surface area contributed by atoms with Crippen LogP contribution in [0.4, 0.5) is 4.79 Å². The van der Waals surface area contributed by atoms with Gasteiger partial charge in [-0.3, -0.25) is 4.79 Å². The minimum Gasteiger partial charge on any atom is -0.435 e. The summed E-state index contributed by atoms with van der Waals surface area (Å²) in [4.78, 5) is 38.4. The summed E-state index contributed by atoms with van der Waals surface area (Å²) in [5, 5.41) is 10.0. The predicted molar refractivity (Wildman–Crippen MR) is 94.6 cm³/mol. The first-order valence-corrected chi connectivity index (χ1v) is 9.64. The molecule has 3 aliphatic rings. The average Bonchev–Trinajstić information content (AvgIpc) is 2.92. The van der Waals surface area contributed by atoms with E-state index in [1.165, 1.54) is 11.8 Å². The number of amides is 1. The topological polar surface area (TPSA) is 112 Å². The molecular formula is C19H27NO8. The maximum absolute atomic E-state index is 12.9. The lowest BCUT2D eigenvalue weighted by molar-refractivity contribution is -0.173. The van der Waals surface area contributed by atoms with Crippen molar-refractivity contribution < 1.29 is 38.4 Å². The van der Waals surface area contributed by atoms with Gasteiger partial charge in [-0.15, -0.1) is 0 Å². The number of fused-ring (bicyclic) bond motifs is 3. The normalized spacial score (nSPS) is 30.8. The number of carbonyl (C=O) groups excluding carboxylic acids is 3. The van der Waals surface area contributed by atoms with E-state index in [0.29, 0.717) is 0 Å². The summed E-state index contributed by atoms with van der Waals surface area (Å²) in [6.07, 6.45) is -0.770. The second kappa shape index (κ2) is 8.08. The van der Waals surface area contributed by atoms with Gasteiger partial charge in [0.25, 0.3) is 0 Å². The van der Waals surface area contributed by atoms with Crippen LogP contribution in [0.25, 0.3) is 0 Å². The molecule has 1 saturated carbocycles. The van der Waals surface area contributed by atoms with E-state index in [1.54, 1.807) is 21.0 Å². The molecule has 1 amide bonds. The number of rotatable bonds is 6. The van der Waals surface area contributed by atoms with E-state index in [-0.39, 0.29) is 36.3 Å². The summed E-state index contributed by atoms with van der Waals surface area (Å²) in [5.74, 6) is -1.66. The Morgan fingerprint density at radius 1 is 1.25 bits per heavy atom. The molecule has 1 aliphatic carbocycles. The van der Waals surface area contributed by atoms with Gasteiger partial charge in [0.15, 0.2) is 0 Å². The van der Waals surface area contributed by atoms with Crippen molar-refractivity contribution in [1.82, 2.24) is 4.90 Å². The summed E-state index contributed by atoms with van der Waals surface area (Å²) in [5.41, 5.74) is 0.895. The molecule has 4 unspecified atom stereocenters. The number of hydrogen-bond donors (Lipinski definition) is 1. The van der Waals surface area contributed by atoms with Gasteiger partial charge in [-0.25, -0.2) is 9.59 Å². The molecule has 2 aliphatic heterocycles. The fourth-order valence-electron chi connectivity index (χ4n) is 4.59. The van der Waals surface area contributed by atoms with Gasteiger partial charge < -0.3 is 29.0 Å². The van der Waals surface area contributed by atoms with Crippen LogP contribution in [0, 0.1) is 11.8 Å². The number of β-lactam (4-membered cyclic amide) rings is 1. The number of hydrogen-bond acceptors (Lipinski definition) is 8. The Hall–Kier alpha value is -2.13. The van der Waals surface area contributed by atoms with Crippen molar-refractivity contribution in [2.75, 3.05) is 13.7 Å². The van der Waals surface area contributed by atoms with Gasteiger partial charge in [0.2, 0.25) is 12.2 Å². The van der Waals surface area contributed by atoms with Crippen LogP contribution in [-0.4, -0.2) is 66.3 Å². The zero-order chi connectivity index (χ0) is 20.6. The zero-order valence-corrected chi connectivity index (χ0v) is 16.5. The van der Waals surface area contributed by atoms with Gasteiger partial charge >= 0.3 is 12.1 Å². The number of carbonyl (C=O) groups is 3. The Morgan fingerprint density at radius 2 is 1.96 bits per heavy atom. The van der Waals surface area contributed by atoms with E-state index in [1.807, 2.05) is 0 Å². The molecule has 1 saturated heterocycles. The number of aliphatic hydroxyl groups is 1. The van der Waals surface area contributed by atoms with E-state index in [0.717, 1.165) is 24.8 Å². The standard InChI is InChI=1S/C19H27NO8/c1-5-26-19(24)28-10(3)27-18(23)16-14-11(7-6-8-12(14)25-4)15-13(9(2)21)17(22)20(15)16/h9-13,15,21H,5-8H2,1-4H3/t9-,10+,11?,12?,13?,15?/m1/s1. The summed E-state index contributed by atoms with van der Waals surface area (Å²) in [6, 6.07) is -0.274. The first kappa shape index (κ1) is 20.6. The van der Waals surface area contributed by atoms with Crippen molar-refractivity contribution >= 4 is 18.0 Å². The Bertz CT molecular complexity index is 687. The van der Waals surface area contributed by atoms with E-state index in [2.05, 4.69) is 4.74 Å².